The van der Waals surface area contributed by atoms with Crippen LogP contribution in [-0.4, -0.2) is 30.6 Å². The second kappa shape index (κ2) is 6.51. The maximum absolute atomic E-state index is 13.8. The van der Waals surface area contributed by atoms with E-state index in [0.29, 0.717) is 28.5 Å². The van der Waals surface area contributed by atoms with Gasteiger partial charge in [0.25, 0.3) is 11.2 Å². The van der Waals surface area contributed by atoms with E-state index < -0.39 is 27.5 Å². The Balaban J connectivity index is 1.79. The zero-order valence-corrected chi connectivity index (χ0v) is 17.5. The third-order valence-corrected chi connectivity index (χ3v) is 6.20. The molecule has 12 nitrogen and oxygen atoms in total. The molecule has 34 heavy (non-hydrogen) atoms. The van der Waals surface area contributed by atoms with Crippen molar-refractivity contribution in [2.75, 3.05) is 10.6 Å². The fourth-order valence-corrected chi connectivity index (χ4v) is 4.93. The number of fused-ring (bicyclic) bond motifs is 6. The summed E-state index contributed by atoms with van der Waals surface area (Å²) in [5.41, 5.74) is -1.66. The Morgan fingerprint density at radius 3 is 2.50 bits per heavy atom. The summed E-state index contributed by atoms with van der Waals surface area (Å²) < 4.78 is 1.57. The van der Waals surface area contributed by atoms with Crippen LogP contribution in [0.15, 0.2) is 58.1 Å². The lowest BCUT2D eigenvalue weighted by molar-refractivity contribution is -0.384. The number of aromatic amines is 2. The number of carbonyl (C=O) groups excluding carboxylic acids is 1. The van der Waals surface area contributed by atoms with Gasteiger partial charge in [-0.2, -0.15) is 5.10 Å². The molecule has 0 saturated heterocycles. The molecule has 2 aliphatic rings. The van der Waals surface area contributed by atoms with E-state index in [1.165, 1.54) is 18.2 Å². The molecule has 0 fully saturated rings. The molecule has 2 aliphatic heterocycles. The van der Waals surface area contributed by atoms with Crippen LogP contribution in [0.1, 0.15) is 22.4 Å². The second-order valence-corrected chi connectivity index (χ2v) is 8.03. The molecule has 0 unspecified atom stereocenters. The number of hydrogen-bond acceptors (Lipinski definition) is 7. The molecular weight excluding hydrogens is 442 g/mol. The molecule has 6 rings (SSSR count). The fraction of sp³-hybridized carbons (Fsp3) is 0.0909. The smallest absolute Gasteiger partial charge is 0.326 e. The first-order chi connectivity index (χ1) is 16.3. The van der Waals surface area contributed by atoms with E-state index in [9.17, 15) is 24.5 Å². The van der Waals surface area contributed by atoms with Crippen LogP contribution in [0.2, 0.25) is 0 Å². The molecule has 0 bridgehead atoms. The molecule has 2 aromatic heterocycles. The lowest BCUT2D eigenvalue weighted by Gasteiger charge is -2.33. The number of amides is 1. The molecule has 12 heteroatoms. The number of nitrogens with zero attached hydrogens (tertiary/aromatic N) is 3. The number of para-hydroxylation sites is 1. The number of anilines is 3. The maximum atomic E-state index is 13.8. The molecule has 4 heterocycles. The molecule has 0 saturated carbocycles. The highest BCUT2D eigenvalue weighted by atomic mass is 16.6. The average Bonchev–Trinajstić information content (AvgIpc) is 3.28. The minimum Gasteiger partial charge on any atom is -0.326 e. The summed E-state index contributed by atoms with van der Waals surface area (Å²) in [5, 5.41) is 22.0. The Morgan fingerprint density at radius 1 is 1.00 bits per heavy atom. The molecular formula is C22H15N7O5. The molecule has 4 N–H and O–H groups in total. The molecule has 1 amide bonds. The van der Waals surface area contributed by atoms with Crippen LogP contribution >= 0.6 is 0 Å². The van der Waals surface area contributed by atoms with Gasteiger partial charge in [0.15, 0.2) is 0 Å². The van der Waals surface area contributed by atoms with Crippen molar-refractivity contribution in [3.63, 3.8) is 0 Å². The van der Waals surface area contributed by atoms with Gasteiger partial charge in [0, 0.05) is 28.9 Å². The van der Waals surface area contributed by atoms with Gasteiger partial charge in [0.2, 0.25) is 5.91 Å². The van der Waals surface area contributed by atoms with Crippen molar-refractivity contribution in [1.29, 1.82) is 0 Å². The second-order valence-electron chi connectivity index (χ2n) is 8.03. The number of hydrogen-bond donors (Lipinski definition) is 4. The Hall–Kier alpha value is -5.00. The average molecular weight is 457 g/mol. The monoisotopic (exact) mass is 457 g/mol. The summed E-state index contributed by atoms with van der Waals surface area (Å²) in [7, 11) is 0. The molecule has 1 spiro atoms. The first-order valence-corrected chi connectivity index (χ1v) is 10.2. The zero-order valence-electron chi connectivity index (χ0n) is 17.5. The normalized spacial score (nSPS) is 17.5. The minimum absolute atomic E-state index is 0.00726. The quantitative estimate of drug-likeness (QED) is 0.263. The molecule has 2 aromatic carbocycles. The Labute approximate surface area is 189 Å². The largest absolute Gasteiger partial charge is 0.327 e. The van der Waals surface area contributed by atoms with E-state index >= 15 is 0 Å². The van der Waals surface area contributed by atoms with E-state index in [4.69, 9.17) is 0 Å². The number of aromatic nitrogens is 4. The fourth-order valence-electron chi connectivity index (χ4n) is 4.93. The minimum atomic E-state index is -1.79. The standard InChI is InChI=1S/C22H15N7O5/c1-10-15-18(28(27-10)11-5-3-2-4-6-11)24-17-16(19(30)26-21(32)25-17)22(15)13-9-12(29(33)34)7-8-14(13)23-20(22)31/h2-9H,1H3,(H,23,31)(H3,24,25,26,30,32)/t22-/m1/s1. The number of nitro groups is 1. The lowest BCUT2D eigenvalue weighted by Crippen LogP contribution is -2.46. The van der Waals surface area contributed by atoms with Crippen LogP contribution in [0, 0.1) is 17.0 Å². The predicted octanol–water partition coefficient (Wildman–Crippen LogP) is 1.81. The van der Waals surface area contributed by atoms with Gasteiger partial charge in [0.1, 0.15) is 17.1 Å². The topological polar surface area (TPSA) is 168 Å². The SMILES string of the molecule is Cc1nn(-c2ccccc2)c2c1[C@@]1(C(=O)Nc3ccc([N+](=O)[O-])cc31)c1c([nH]c(=O)[nH]c1=O)N2. The number of benzene rings is 2. The highest BCUT2D eigenvalue weighted by Crippen LogP contribution is 2.55. The van der Waals surface area contributed by atoms with E-state index in [1.54, 1.807) is 11.6 Å². The first-order valence-electron chi connectivity index (χ1n) is 10.2. The molecule has 4 aromatic rings. The van der Waals surface area contributed by atoms with Crippen LogP contribution in [0.3, 0.4) is 0 Å². The predicted molar refractivity (Wildman–Crippen MR) is 121 cm³/mol. The van der Waals surface area contributed by atoms with Gasteiger partial charge in [-0.15, -0.1) is 0 Å². The number of nitrogens with one attached hydrogen (secondary N) is 4. The van der Waals surface area contributed by atoms with Gasteiger partial charge in [0.05, 0.1) is 21.9 Å². The Morgan fingerprint density at radius 2 is 1.76 bits per heavy atom. The summed E-state index contributed by atoms with van der Waals surface area (Å²) >= 11 is 0. The van der Waals surface area contributed by atoms with Gasteiger partial charge >= 0.3 is 5.69 Å². The number of aryl methyl sites for hydroxylation is 1. The highest BCUT2D eigenvalue weighted by molar-refractivity contribution is 6.14. The van der Waals surface area contributed by atoms with Crippen molar-refractivity contribution in [3.05, 3.63) is 102 Å². The van der Waals surface area contributed by atoms with E-state index in [2.05, 4.69) is 25.7 Å². The van der Waals surface area contributed by atoms with Crippen LogP contribution in [-0.2, 0) is 10.2 Å². The van der Waals surface area contributed by atoms with E-state index in [-0.39, 0.29) is 22.6 Å². The molecule has 168 valence electrons. The lowest BCUT2D eigenvalue weighted by atomic mass is 9.68. The number of H-pyrrole nitrogens is 2. The zero-order chi connectivity index (χ0) is 23.8. The van der Waals surface area contributed by atoms with Crippen LogP contribution in [0.4, 0.5) is 23.0 Å². The summed E-state index contributed by atoms with van der Waals surface area (Å²) in [5.74, 6) is -0.222. The maximum Gasteiger partial charge on any atom is 0.327 e. The number of nitro benzene ring substituents is 1. The van der Waals surface area contributed by atoms with Crippen LogP contribution in [0.25, 0.3) is 5.69 Å². The molecule has 1 atom stereocenters. The van der Waals surface area contributed by atoms with Crippen molar-refractivity contribution in [2.45, 2.75) is 12.3 Å². The Kier molecular flexibility index (Phi) is 3.77. The van der Waals surface area contributed by atoms with Gasteiger partial charge in [-0.25, -0.2) is 9.48 Å². The number of carbonyl (C=O) groups is 1. The van der Waals surface area contributed by atoms with Crippen molar-refractivity contribution < 1.29 is 9.72 Å². The molecule has 0 aliphatic carbocycles. The number of non-ortho nitro benzene ring substituents is 1. The van der Waals surface area contributed by atoms with Crippen LogP contribution in [0.5, 0.6) is 0 Å². The van der Waals surface area contributed by atoms with Crippen molar-refractivity contribution >= 4 is 28.9 Å². The Bertz CT molecular complexity index is 1670. The van der Waals surface area contributed by atoms with Crippen molar-refractivity contribution in [2.24, 2.45) is 0 Å². The van der Waals surface area contributed by atoms with Gasteiger partial charge < -0.3 is 10.6 Å². The third kappa shape index (κ3) is 2.36. The van der Waals surface area contributed by atoms with Gasteiger partial charge in [-0.3, -0.25) is 29.7 Å². The van der Waals surface area contributed by atoms with E-state index in [0.717, 1.165) is 0 Å². The van der Waals surface area contributed by atoms with Gasteiger partial charge in [-0.1, -0.05) is 18.2 Å². The third-order valence-electron chi connectivity index (χ3n) is 6.20. The first kappa shape index (κ1) is 19.7. The molecule has 0 radical (unpaired) electrons. The van der Waals surface area contributed by atoms with Gasteiger partial charge in [-0.05, 0) is 25.1 Å². The summed E-state index contributed by atoms with van der Waals surface area (Å²) in [6.45, 7) is 1.69. The van der Waals surface area contributed by atoms with Crippen molar-refractivity contribution in [1.82, 2.24) is 19.7 Å². The number of rotatable bonds is 2. The summed E-state index contributed by atoms with van der Waals surface area (Å²) in [6, 6.07) is 13.1. The van der Waals surface area contributed by atoms with E-state index in [1.807, 2.05) is 30.3 Å². The summed E-state index contributed by atoms with van der Waals surface area (Å²) in [4.78, 5) is 54.8. The highest BCUT2D eigenvalue weighted by Gasteiger charge is 2.58. The summed E-state index contributed by atoms with van der Waals surface area (Å²) in [6.07, 6.45) is 0. The van der Waals surface area contributed by atoms with Crippen molar-refractivity contribution in [3.8, 4) is 5.69 Å². The van der Waals surface area contributed by atoms with Crippen LogP contribution < -0.4 is 21.9 Å².